The quantitative estimate of drug-likeness (QED) is 0.660. The van der Waals surface area contributed by atoms with Crippen LogP contribution in [0.25, 0.3) is 16.8 Å². The normalized spacial score (nSPS) is 16.8. The van der Waals surface area contributed by atoms with Gasteiger partial charge in [0.15, 0.2) is 5.65 Å². The molecule has 0 aliphatic carbocycles. The van der Waals surface area contributed by atoms with Gasteiger partial charge in [-0.15, -0.1) is 0 Å². The summed E-state index contributed by atoms with van der Waals surface area (Å²) in [5, 5.41) is 4.44. The van der Waals surface area contributed by atoms with Crippen LogP contribution < -0.4 is 4.90 Å². The Bertz CT molecular complexity index is 1070. The van der Waals surface area contributed by atoms with Gasteiger partial charge in [0.05, 0.1) is 12.2 Å². The molecule has 1 aliphatic rings. The number of likely N-dealkylation sites (N-methyl/N-ethyl adjacent to an activating group) is 1. The van der Waals surface area contributed by atoms with Crippen LogP contribution in [0.2, 0.25) is 0 Å². The van der Waals surface area contributed by atoms with Gasteiger partial charge in [-0.05, 0) is 57.9 Å². The van der Waals surface area contributed by atoms with Crippen LogP contribution in [0, 0.1) is 6.92 Å². The highest BCUT2D eigenvalue weighted by molar-refractivity contribution is 5.77. The van der Waals surface area contributed by atoms with Crippen LogP contribution in [0.5, 0.6) is 0 Å². The molecular formula is C22H28N6O2. The SMILES string of the molecule is Cc1cc(-c2cnn3ccc(N4CC[C@H](N(C)C(=O)OC(C)(C)C)C4)nc23)ccn1. The Morgan fingerprint density at radius 2 is 2.10 bits per heavy atom. The summed E-state index contributed by atoms with van der Waals surface area (Å²) in [5.41, 5.74) is 3.28. The van der Waals surface area contributed by atoms with Gasteiger partial charge >= 0.3 is 6.09 Å². The molecule has 0 unspecified atom stereocenters. The number of pyridine rings is 1. The molecule has 8 heteroatoms. The van der Waals surface area contributed by atoms with Gasteiger partial charge in [-0.2, -0.15) is 5.10 Å². The Kier molecular flexibility index (Phi) is 5.09. The molecule has 158 valence electrons. The lowest BCUT2D eigenvalue weighted by molar-refractivity contribution is 0.0238. The fourth-order valence-electron chi connectivity index (χ4n) is 3.70. The number of aromatic nitrogens is 4. The largest absolute Gasteiger partial charge is 0.444 e. The highest BCUT2D eigenvalue weighted by Gasteiger charge is 2.31. The van der Waals surface area contributed by atoms with E-state index < -0.39 is 5.60 Å². The minimum atomic E-state index is -0.500. The Morgan fingerprint density at radius 3 is 2.83 bits per heavy atom. The Hall–Kier alpha value is -3.16. The van der Waals surface area contributed by atoms with Crippen LogP contribution in [0.3, 0.4) is 0 Å². The second kappa shape index (κ2) is 7.59. The summed E-state index contributed by atoms with van der Waals surface area (Å²) in [6, 6.07) is 6.06. The lowest BCUT2D eigenvalue weighted by atomic mass is 10.1. The zero-order valence-electron chi connectivity index (χ0n) is 18.2. The lowest BCUT2D eigenvalue weighted by Gasteiger charge is -2.28. The summed E-state index contributed by atoms with van der Waals surface area (Å²) in [4.78, 5) is 25.5. The van der Waals surface area contributed by atoms with Gasteiger partial charge in [0.2, 0.25) is 0 Å². The van der Waals surface area contributed by atoms with E-state index in [2.05, 4.69) is 15.0 Å². The van der Waals surface area contributed by atoms with Gasteiger partial charge in [-0.1, -0.05) is 0 Å². The average molecular weight is 409 g/mol. The van der Waals surface area contributed by atoms with E-state index in [0.717, 1.165) is 47.8 Å². The molecule has 3 aromatic rings. The van der Waals surface area contributed by atoms with E-state index in [1.807, 2.05) is 58.3 Å². The molecule has 0 N–H and O–H groups in total. The summed E-state index contributed by atoms with van der Waals surface area (Å²) in [6.07, 6.45) is 6.15. The molecule has 1 atom stereocenters. The number of amides is 1. The summed E-state index contributed by atoms with van der Waals surface area (Å²) < 4.78 is 7.30. The maximum atomic E-state index is 12.4. The fraction of sp³-hybridized carbons (Fsp3) is 0.455. The van der Waals surface area contributed by atoms with Crippen molar-refractivity contribution in [3.63, 3.8) is 0 Å². The van der Waals surface area contributed by atoms with E-state index in [1.165, 1.54) is 0 Å². The third kappa shape index (κ3) is 4.08. The maximum Gasteiger partial charge on any atom is 0.410 e. The first-order valence-electron chi connectivity index (χ1n) is 10.2. The predicted octanol–water partition coefficient (Wildman–Crippen LogP) is 3.55. The van der Waals surface area contributed by atoms with Crippen molar-refractivity contribution in [2.45, 2.75) is 45.8 Å². The first kappa shape index (κ1) is 20.1. The number of hydrogen-bond acceptors (Lipinski definition) is 6. The van der Waals surface area contributed by atoms with Crippen LogP contribution in [0.15, 0.2) is 36.8 Å². The van der Waals surface area contributed by atoms with E-state index in [-0.39, 0.29) is 12.1 Å². The van der Waals surface area contributed by atoms with Crippen molar-refractivity contribution in [2.75, 3.05) is 25.0 Å². The second-order valence-electron chi connectivity index (χ2n) is 8.78. The molecule has 0 radical (unpaired) electrons. The number of ether oxygens (including phenoxy) is 1. The molecule has 1 fully saturated rings. The summed E-state index contributed by atoms with van der Waals surface area (Å²) in [7, 11) is 1.81. The molecular weight excluding hydrogens is 380 g/mol. The number of carbonyl (C=O) groups excluding carboxylic acids is 1. The first-order valence-corrected chi connectivity index (χ1v) is 10.2. The monoisotopic (exact) mass is 408 g/mol. The first-order chi connectivity index (χ1) is 14.2. The third-order valence-corrected chi connectivity index (χ3v) is 5.28. The van der Waals surface area contributed by atoms with Crippen molar-refractivity contribution in [1.82, 2.24) is 24.5 Å². The number of anilines is 1. The average Bonchev–Trinajstić information content (AvgIpc) is 3.33. The van der Waals surface area contributed by atoms with Crippen molar-refractivity contribution in [3.05, 3.63) is 42.5 Å². The minimum absolute atomic E-state index is 0.0881. The van der Waals surface area contributed by atoms with Gasteiger partial charge in [0, 0.05) is 43.8 Å². The number of rotatable bonds is 3. The second-order valence-corrected chi connectivity index (χ2v) is 8.78. The van der Waals surface area contributed by atoms with E-state index in [0.29, 0.717) is 0 Å². The Labute approximate surface area is 176 Å². The highest BCUT2D eigenvalue weighted by Crippen LogP contribution is 2.27. The smallest absolute Gasteiger partial charge is 0.410 e. The topological polar surface area (TPSA) is 75.9 Å². The van der Waals surface area contributed by atoms with E-state index >= 15 is 0 Å². The van der Waals surface area contributed by atoms with Crippen molar-refractivity contribution in [1.29, 1.82) is 0 Å². The van der Waals surface area contributed by atoms with Gasteiger partial charge in [0.1, 0.15) is 11.4 Å². The Balaban J connectivity index is 1.54. The molecule has 0 saturated carbocycles. The van der Waals surface area contributed by atoms with Crippen LogP contribution in [-0.2, 0) is 4.74 Å². The lowest BCUT2D eigenvalue weighted by Crippen LogP contribution is -2.42. The van der Waals surface area contributed by atoms with E-state index in [4.69, 9.17) is 9.72 Å². The standard InChI is InChI=1S/C22H28N6O2/c1-15-12-16(6-9-23-15)18-13-24-28-11-8-19(25-20(18)28)27-10-7-17(14-27)26(5)21(29)30-22(2,3)4/h6,8-9,11-13,17H,7,10,14H2,1-5H3/t17-/m0/s1. The predicted molar refractivity (Wildman–Crippen MR) is 116 cm³/mol. The number of nitrogens with zero attached hydrogens (tertiary/aromatic N) is 6. The van der Waals surface area contributed by atoms with Crippen LogP contribution in [0.4, 0.5) is 10.6 Å². The molecule has 0 spiro atoms. The zero-order chi connectivity index (χ0) is 21.5. The summed E-state index contributed by atoms with van der Waals surface area (Å²) >= 11 is 0. The molecule has 4 heterocycles. The molecule has 0 aromatic carbocycles. The summed E-state index contributed by atoms with van der Waals surface area (Å²) in [6.45, 7) is 9.17. The zero-order valence-corrected chi connectivity index (χ0v) is 18.2. The van der Waals surface area contributed by atoms with Gasteiger partial charge in [0.25, 0.3) is 0 Å². The Morgan fingerprint density at radius 1 is 1.30 bits per heavy atom. The molecule has 1 amide bonds. The molecule has 3 aromatic heterocycles. The van der Waals surface area contributed by atoms with Crippen LogP contribution in [-0.4, -0.2) is 62.4 Å². The molecule has 30 heavy (non-hydrogen) atoms. The molecule has 8 nitrogen and oxygen atoms in total. The van der Waals surface area contributed by atoms with Gasteiger partial charge in [-0.3, -0.25) is 4.98 Å². The van der Waals surface area contributed by atoms with Gasteiger partial charge < -0.3 is 14.5 Å². The fourth-order valence-corrected chi connectivity index (χ4v) is 3.70. The number of aryl methyl sites for hydroxylation is 1. The van der Waals surface area contributed by atoms with E-state index in [9.17, 15) is 4.79 Å². The molecule has 0 bridgehead atoms. The van der Waals surface area contributed by atoms with E-state index in [1.54, 1.807) is 22.7 Å². The number of fused-ring (bicyclic) bond motifs is 1. The highest BCUT2D eigenvalue weighted by atomic mass is 16.6. The van der Waals surface area contributed by atoms with Crippen molar-refractivity contribution >= 4 is 17.6 Å². The van der Waals surface area contributed by atoms with Crippen LogP contribution in [0.1, 0.15) is 32.9 Å². The molecule has 4 rings (SSSR count). The van der Waals surface area contributed by atoms with Crippen molar-refractivity contribution < 1.29 is 9.53 Å². The number of hydrogen-bond donors (Lipinski definition) is 0. The van der Waals surface area contributed by atoms with Crippen LogP contribution >= 0.6 is 0 Å². The number of carbonyl (C=O) groups is 1. The maximum absolute atomic E-state index is 12.4. The van der Waals surface area contributed by atoms with Gasteiger partial charge in [-0.25, -0.2) is 14.3 Å². The summed E-state index contributed by atoms with van der Waals surface area (Å²) in [5.74, 6) is 0.884. The molecule has 1 saturated heterocycles. The molecule has 1 aliphatic heterocycles. The third-order valence-electron chi connectivity index (χ3n) is 5.28. The minimum Gasteiger partial charge on any atom is -0.444 e. The van der Waals surface area contributed by atoms with Crippen molar-refractivity contribution in [2.24, 2.45) is 0 Å². The van der Waals surface area contributed by atoms with Crippen molar-refractivity contribution in [3.8, 4) is 11.1 Å².